The number of nitrogens with zero attached hydrogens (tertiary/aromatic N) is 2. The highest BCUT2D eigenvalue weighted by atomic mass is 16.5. The molecule has 0 aliphatic heterocycles. The Hall–Kier alpha value is -1.24. The van der Waals surface area contributed by atoms with Crippen LogP contribution in [0.5, 0.6) is 0 Å². The van der Waals surface area contributed by atoms with Gasteiger partial charge in [0.2, 0.25) is 0 Å². The van der Waals surface area contributed by atoms with E-state index in [1.807, 2.05) is 0 Å². The van der Waals surface area contributed by atoms with Crippen LogP contribution < -0.4 is 0 Å². The van der Waals surface area contributed by atoms with E-state index in [1.165, 1.54) is 6.20 Å². The van der Waals surface area contributed by atoms with Crippen LogP contribution in [0.2, 0.25) is 0 Å². The second-order valence-electron chi connectivity index (χ2n) is 4.35. The number of rotatable bonds is 13. The molecule has 114 valence electrons. The van der Waals surface area contributed by atoms with Gasteiger partial charge in [0.05, 0.1) is 51.3 Å². The van der Waals surface area contributed by atoms with E-state index >= 15 is 0 Å². The summed E-state index contributed by atoms with van der Waals surface area (Å²) in [6.45, 7) is 6.50. The molecule has 0 N–H and O–H groups in total. The molecular weight excluding hydrogens is 260 g/mol. The molecule has 0 spiro atoms. The highest BCUT2D eigenvalue weighted by Crippen LogP contribution is 1.93. The first-order chi connectivity index (χ1) is 9.86. The van der Waals surface area contributed by atoms with E-state index in [2.05, 4.69) is 12.0 Å². The maximum atomic E-state index is 10.5. The summed E-state index contributed by atoms with van der Waals surface area (Å²) in [6.07, 6.45) is 6.26. The molecule has 0 saturated heterocycles. The predicted octanol–water partition coefficient (Wildman–Crippen LogP) is 1.55. The zero-order chi connectivity index (χ0) is 14.5. The summed E-state index contributed by atoms with van der Waals surface area (Å²) in [5.41, 5.74) is 0.580. The van der Waals surface area contributed by atoms with Crippen LogP contribution in [0.25, 0.3) is 0 Å². The van der Waals surface area contributed by atoms with Crippen molar-refractivity contribution in [3.8, 4) is 0 Å². The number of unbranched alkanes of at least 4 members (excludes halogenated alkanes) is 1. The second kappa shape index (κ2) is 11.6. The van der Waals surface area contributed by atoms with Crippen molar-refractivity contribution >= 4 is 6.29 Å². The molecule has 0 amide bonds. The Kier molecular flexibility index (Phi) is 9.73. The van der Waals surface area contributed by atoms with Crippen molar-refractivity contribution in [2.24, 2.45) is 0 Å². The number of ether oxygens (including phenoxy) is 3. The topological polar surface area (TPSA) is 62.6 Å². The molecule has 6 nitrogen and oxygen atoms in total. The first kappa shape index (κ1) is 16.8. The first-order valence-electron chi connectivity index (χ1n) is 7.07. The molecule has 0 aromatic carbocycles. The van der Waals surface area contributed by atoms with Crippen LogP contribution in [0.1, 0.15) is 30.1 Å². The predicted molar refractivity (Wildman–Crippen MR) is 75.0 cm³/mol. The fourth-order valence-corrected chi connectivity index (χ4v) is 1.51. The van der Waals surface area contributed by atoms with Gasteiger partial charge in [0, 0.05) is 12.8 Å². The van der Waals surface area contributed by atoms with Gasteiger partial charge in [0.25, 0.3) is 0 Å². The van der Waals surface area contributed by atoms with Crippen molar-refractivity contribution in [3.05, 3.63) is 18.0 Å². The van der Waals surface area contributed by atoms with Gasteiger partial charge in [-0.2, -0.15) is 5.10 Å². The van der Waals surface area contributed by atoms with E-state index in [9.17, 15) is 4.79 Å². The molecule has 1 aromatic heterocycles. The molecule has 0 bridgehead atoms. The Morgan fingerprint density at radius 2 is 1.75 bits per heavy atom. The number of hydrogen-bond donors (Lipinski definition) is 0. The minimum Gasteiger partial charge on any atom is -0.379 e. The molecule has 1 rings (SSSR count). The fraction of sp³-hybridized carbons (Fsp3) is 0.714. The van der Waals surface area contributed by atoms with Crippen molar-refractivity contribution in [1.29, 1.82) is 0 Å². The van der Waals surface area contributed by atoms with Crippen LogP contribution in [0, 0.1) is 0 Å². The average molecular weight is 284 g/mol. The van der Waals surface area contributed by atoms with Crippen LogP contribution in [0.15, 0.2) is 12.4 Å². The Bertz CT molecular complexity index is 355. The van der Waals surface area contributed by atoms with Crippen LogP contribution >= 0.6 is 0 Å². The van der Waals surface area contributed by atoms with Crippen LogP contribution in [-0.4, -0.2) is 55.7 Å². The zero-order valence-corrected chi connectivity index (χ0v) is 12.1. The number of hydrogen-bond acceptors (Lipinski definition) is 5. The van der Waals surface area contributed by atoms with Crippen LogP contribution in [0.3, 0.4) is 0 Å². The van der Waals surface area contributed by atoms with Crippen molar-refractivity contribution in [2.45, 2.75) is 26.3 Å². The highest BCUT2D eigenvalue weighted by Gasteiger charge is 1.97. The average Bonchev–Trinajstić information content (AvgIpc) is 2.93. The van der Waals surface area contributed by atoms with Gasteiger partial charge in [0.15, 0.2) is 6.29 Å². The normalized spacial score (nSPS) is 10.8. The van der Waals surface area contributed by atoms with Gasteiger partial charge >= 0.3 is 0 Å². The lowest BCUT2D eigenvalue weighted by atomic mass is 10.4. The van der Waals surface area contributed by atoms with Crippen LogP contribution in [-0.2, 0) is 20.8 Å². The minimum atomic E-state index is 0.552. The quantitative estimate of drug-likeness (QED) is 0.406. The third-order valence-corrected chi connectivity index (χ3v) is 2.64. The smallest absolute Gasteiger partial charge is 0.153 e. The van der Waals surface area contributed by atoms with Gasteiger partial charge in [-0.1, -0.05) is 13.3 Å². The number of carbonyl (C=O) groups is 1. The lowest BCUT2D eigenvalue weighted by molar-refractivity contribution is 0.0123. The van der Waals surface area contributed by atoms with Crippen molar-refractivity contribution in [2.75, 3.05) is 39.6 Å². The number of carbonyl (C=O) groups excluding carboxylic acids is 1. The Balaban J connectivity index is 1.84. The largest absolute Gasteiger partial charge is 0.379 e. The van der Waals surface area contributed by atoms with E-state index in [4.69, 9.17) is 14.2 Å². The van der Waals surface area contributed by atoms with Crippen LogP contribution in [0.4, 0.5) is 0 Å². The summed E-state index contributed by atoms with van der Waals surface area (Å²) in [6, 6.07) is 0. The number of aromatic nitrogens is 2. The molecule has 1 heterocycles. The fourth-order valence-electron chi connectivity index (χ4n) is 1.51. The van der Waals surface area contributed by atoms with E-state index in [0.717, 1.165) is 25.7 Å². The molecule has 0 radical (unpaired) electrons. The second-order valence-corrected chi connectivity index (χ2v) is 4.35. The monoisotopic (exact) mass is 284 g/mol. The zero-order valence-electron chi connectivity index (χ0n) is 12.1. The molecule has 0 aliphatic rings. The SMILES string of the molecule is CCCCOCCOCCOCCn1cc(C=O)cn1. The Labute approximate surface area is 120 Å². The van der Waals surface area contributed by atoms with Gasteiger partial charge in [-0.05, 0) is 6.42 Å². The Morgan fingerprint density at radius 3 is 2.35 bits per heavy atom. The maximum Gasteiger partial charge on any atom is 0.153 e. The highest BCUT2D eigenvalue weighted by molar-refractivity contribution is 5.73. The molecule has 1 aromatic rings. The Morgan fingerprint density at radius 1 is 1.10 bits per heavy atom. The lowest BCUT2D eigenvalue weighted by Gasteiger charge is -2.06. The summed E-state index contributed by atoms with van der Waals surface area (Å²) in [5.74, 6) is 0. The summed E-state index contributed by atoms with van der Waals surface area (Å²) < 4.78 is 17.8. The molecule has 0 unspecified atom stereocenters. The molecular formula is C14H24N2O4. The molecule has 0 fully saturated rings. The van der Waals surface area contributed by atoms with Crippen molar-refractivity contribution < 1.29 is 19.0 Å². The summed E-state index contributed by atoms with van der Waals surface area (Å²) in [5, 5.41) is 4.03. The number of aldehydes is 1. The third-order valence-electron chi connectivity index (χ3n) is 2.64. The van der Waals surface area contributed by atoms with E-state index < -0.39 is 0 Å². The van der Waals surface area contributed by atoms with E-state index in [1.54, 1.807) is 10.9 Å². The standard InChI is InChI=1S/C14H24N2O4/c1-2-3-5-18-7-9-20-10-8-19-6-4-16-12-14(13-17)11-15-16/h11-13H,2-10H2,1H3. The molecule has 0 aliphatic carbocycles. The summed E-state index contributed by atoms with van der Waals surface area (Å²) >= 11 is 0. The van der Waals surface area contributed by atoms with Gasteiger partial charge in [0.1, 0.15) is 0 Å². The third kappa shape index (κ3) is 8.04. The van der Waals surface area contributed by atoms with Crippen molar-refractivity contribution in [3.63, 3.8) is 0 Å². The van der Waals surface area contributed by atoms with E-state index in [0.29, 0.717) is 45.1 Å². The van der Waals surface area contributed by atoms with Crippen molar-refractivity contribution in [1.82, 2.24) is 9.78 Å². The van der Waals surface area contributed by atoms with Gasteiger partial charge in [-0.3, -0.25) is 9.48 Å². The lowest BCUT2D eigenvalue weighted by Crippen LogP contribution is -2.12. The molecule has 6 heteroatoms. The first-order valence-corrected chi connectivity index (χ1v) is 7.07. The van der Waals surface area contributed by atoms with E-state index in [-0.39, 0.29) is 0 Å². The van der Waals surface area contributed by atoms with Gasteiger partial charge in [-0.25, -0.2) is 0 Å². The van der Waals surface area contributed by atoms with Gasteiger partial charge in [-0.15, -0.1) is 0 Å². The molecule has 20 heavy (non-hydrogen) atoms. The molecule has 0 atom stereocenters. The molecule has 0 saturated carbocycles. The summed E-state index contributed by atoms with van der Waals surface area (Å²) in [7, 11) is 0. The minimum absolute atomic E-state index is 0.552. The van der Waals surface area contributed by atoms with Gasteiger partial charge < -0.3 is 14.2 Å². The summed E-state index contributed by atoms with van der Waals surface area (Å²) in [4.78, 5) is 10.5. The maximum absolute atomic E-state index is 10.5.